The summed E-state index contributed by atoms with van der Waals surface area (Å²) >= 11 is 0. The van der Waals surface area contributed by atoms with Crippen molar-refractivity contribution in [2.75, 3.05) is 26.3 Å². The topological polar surface area (TPSA) is 99.5 Å². The van der Waals surface area contributed by atoms with Crippen LogP contribution in [0.2, 0.25) is 0 Å². The van der Waals surface area contributed by atoms with Gasteiger partial charge >= 0.3 is 0 Å². The van der Waals surface area contributed by atoms with Crippen LogP contribution in [0.1, 0.15) is 21.5 Å². The first-order valence-corrected chi connectivity index (χ1v) is 9.90. The second kappa shape index (κ2) is 8.31. The van der Waals surface area contributed by atoms with Gasteiger partial charge in [-0.3, -0.25) is 4.79 Å². The molecule has 2 aromatic rings. The highest BCUT2D eigenvalue weighted by Gasteiger charge is 2.28. The molecule has 140 valence electrons. The molecular weight excluding hydrogens is 366 g/mol. The van der Waals surface area contributed by atoms with Gasteiger partial charge in [-0.05, 0) is 29.8 Å². The summed E-state index contributed by atoms with van der Waals surface area (Å²) in [6, 6.07) is 14.9. The largest absolute Gasteiger partial charge is 0.379 e. The van der Waals surface area contributed by atoms with Gasteiger partial charge in [0.15, 0.2) is 0 Å². The first kappa shape index (κ1) is 19.0. The van der Waals surface area contributed by atoms with Crippen molar-refractivity contribution in [3.63, 3.8) is 0 Å². The molecule has 1 aliphatic rings. The minimum atomic E-state index is -3.66. The second-order valence-electron chi connectivity index (χ2n) is 6.00. The molecule has 0 aromatic heterocycles. The standard InChI is InChI=1S/C19H19N3O4S/c20-13-15-4-3-6-16(12-15)19(23)21-14-17-5-1-2-7-18(17)27(24,25)22-8-10-26-11-9-22/h1-7,12H,8-11,14H2,(H,21,23). The summed E-state index contributed by atoms with van der Waals surface area (Å²) in [6.07, 6.45) is 0. The lowest BCUT2D eigenvalue weighted by Gasteiger charge is -2.27. The van der Waals surface area contributed by atoms with Gasteiger partial charge in [-0.25, -0.2) is 8.42 Å². The summed E-state index contributed by atoms with van der Waals surface area (Å²) < 4.78 is 32.5. The molecule has 1 aliphatic heterocycles. The Balaban J connectivity index is 1.78. The first-order valence-electron chi connectivity index (χ1n) is 8.46. The van der Waals surface area contributed by atoms with Crippen LogP contribution in [0.3, 0.4) is 0 Å². The van der Waals surface area contributed by atoms with Crippen molar-refractivity contribution >= 4 is 15.9 Å². The highest BCUT2D eigenvalue weighted by Crippen LogP contribution is 2.21. The predicted octanol–water partition coefficient (Wildman–Crippen LogP) is 1.51. The summed E-state index contributed by atoms with van der Waals surface area (Å²) in [5, 5.41) is 11.7. The number of ether oxygens (including phenoxy) is 1. The van der Waals surface area contributed by atoms with Gasteiger partial charge in [0.05, 0.1) is 29.7 Å². The van der Waals surface area contributed by atoms with Crippen molar-refractivity contribution in [3.8, 4) is 6.07 Å². The summed E-state index contributed by atoms with van der Waals surface area (Å²) in [5.41, 5.74) is 1.24. The molecular formula is C19H19N3O4S. The second-order valence-corrected chi connectivity index (χ2v) is 7.91. The maximum Gasteiger partial charge on any atom is 0.251 e. The maximum atomic E-state index is 12.9. The van der Waals surface area contributed by atoms with E-state index < -0.39 is 10.0 Å². The van der Waals surface area contributed by atoms with Crippen LogP contribution in [0.4, 0.5) is 0 Å². The zero-order valence-electron chi connectivity index (χ0n) is 14.6. The zero-order valence-corrected chi connectivity index (χ0v) is 15.4. The van der Waals surface area contributed by atoms with Gasteiger partial charge in [-0.2, -0.15) is 9.57 Å². The Morgan fingerprint density at radius 3 is 2.63 bits per heavy atom. The normalized spacial score (nSPS) is 15.1. The number of sulfonamides is 1. The molecule has 7 nitrogen and oxygen atoms in total. The number of rotatable bonds is 5. The molecule has 0 spiro atoms. The lowest BCUT2D eigenvalue weighted by Crippen LogP contribution is -2.41. The molecule has 1 heterocycles. The summed E-state index contributed by atoms with van der Waals surface area (Å²) in [7, 11) is -3.66. The van der Waals surface area contributed by atoms with E-state index in [1.165, 1.54) is 10.4 Å². The molecule has 0 unspecified atom stereocenters. The van der Waals surface area contributed by atoms with E-state index in [-0.39, 0.29) is 17.3 Å². The van der Waals surface area contributed by atoms with Crippen LogP contribution in [0.15, 0.2) is 53.4 Å². The Morgan fingerprint density at radius 1 is 1.15 bits per heavy atom. The van der Waals surface area contributed by atoms with Crippen LogP contribution in [-0.4, -0.2) is 44.9 Å². The highest BCUT2D eigenvalue weighted by molar-refractivity contribution is 7.89. The fourth-order valence-corrected chi connectivity index (χ4v) is 4.47. The van der Waals surface area contributed by atoms with E-state index in [2.05, 4.69) is 5.32 Å². The number of benzene rings is 2. The molecule has 1 fully saturated rings. The summed E-state index contributed by atoms with van der Waals surface area (Å²) in [4.78, 5) is 12.5. The Bertz CT molecular complexity index is 976. The third-order valence-corrected chi connectivity index (χ3v) is 6.25. The molecule has 2 aromatic carbocycles. The Hall–Kier alpha value is -2.73. The lowest BCUT2D eigenvalue weighted by molar-refractivity contribution is 0.0730. The van der Waals surface area contributed by atoms with Crippen LogP contribution < -0.4 is 5.32 Å². The quantitative estimate of drug-likeness (QED) is 0.841. The van der Waals surface area contributed by atoms with E-state index in [0.29, 0.717) is 43.0 Å². The Morgan fingerprint density at radius 2 is 1.89 bits per heavy atom. The number of hydrogen-bond acceptors (Lipinski definition) is 5. The molecule has 1 amide bonds. The molecule has 0 bridgehead atoms. The van der Waals surface area contributed by atoms with Gasteiger partial charge in [-0.15, -0.1) is 0 Å². The Kier molecular flexibility index (Phi) is 5.86. The van der Waals surface area contributed by atoms with Gasteiger partial charge in [0.1, 0.15) is 0 Å². The van der Waals surface area contributed by atoms with Crippen molar-refractivity contribution in [2.24, 2.45) is 0 Å². The number of amides is 1. The lowest BCUT2D eigenvalue weighted by atomic mass is 10.1. The summed E-state index contributed by atoms with van der Waals surface area (Å²) in [6.45, 7) is 1.42. The molecule has 0 aliphatic carbocycles. The van der Waals surface area contributed by atoms with Crippen molar-refractivity contribution < 1.29 is 17.9 Å². The van der Waals surface area contributed by atoms with E-state index in [1.807, 2.05) is 6.07 Å². The smallest absolute Gasteiger partial charge is 0.251 e. The SMILES string of the molecule is N#Cc1cccc(C(=O)NCc2ccccc2S(=O)(=O)N2CCOCC2)c1. The minimum Gasteiger partial charge on any atom is -0.379 e. The number of nitrogens with zero attached hydrogens (tertiary/aromatic N) is 2. The first-order chi connectivity index (χ1) is 13.0. The van der Waals surface area contributed by atoms with Crippen molar-refractivity contribution in [3.05, 3.63) is 65.2 Å². The maximum absolute atomic E-state index is 12.9. The van der Waals surface area contributed by atoms with Crippen LogP contribution >= 0.6 is 0 Å². The van der Waals surface area contributed by atoms with E-state index in [9.17, 15) is 13.2 Å². The minimum absolute atomic E-state index is 0.0648. The third-order valence-electron chi connectivity index (χ3n) is 4.25. The van der Waals surface area contributed by atoms with Crippen molar-refractivity contribution in [1.29, 1.82) is 5.26 Å². The van der Waals surface area contributed by atoms with E-state index in [4.69, 9.17) is 10.00 Å². The fourth-order valence-electron chi connectivity index (χ4n) is 2.84. The zero-order chi connectivity index (χ0) is 19.3. The number of carbonyl (C=O) groups is 1. The average Bonchev–Trinajstić information content (AvgIpc) is 2.73. The van der Waals surface area contributed by atoms with Gasteiger partial charge in [-0.1, -0.05) is 24.3 Å². The van der Waals surface area contributed by atoms with Gasteiger partial charge in [0.25, 0.3) is 5.91 Å². The fraction of sp³-hybridized carbons (Fsp3) is 0.263. The molecule has 27 heavy (non-hydrogen) atoms. The molecule has 1 saturated heterocycles. The number of nitriles is 1. The average molecular weight is 385 g/mol. The molecule has 8 heteroatoms. The van der Waals surface area contributed by atoms with Crippen LogP contribution in [0.25, 0.3) is 0 Å². The number of nitrogens with one attached hydrogen (secondary N) is 1. The van der Waals surface area contributed by atoms with Crippen LogP contribution in [0.5, 0.6) is 0 Å². The van der Waals surface area contributed by atoms with Gasteiger partial charge in [0.2, 0.25) is 10.0 Å². The van der Waals surface area contributed by atoms with Crippen LogP contribution in [-0.2, 0) is 21.3 Å². The molecule has 1 N–H and O–H groups in total. The number of hydrogen-bond donors (Lipinski definition) is 1. The Labute approximate surface area is 158 Å². The van der Waals surface area contributed by atoms with Crippen molar-refractivity contribution in [2.45, 2.75) is 11.4 Å². The summed E-state index contributed by atoms with van der Waals surface area (Å²) in [5.74, 6) is -0.370. The predicted molar refractivity (Wildman–Crippen MR) is 98.3 cm³/mol. The van der Waals surface area contributed by atoms with Crippen molar-refractivity contribution in [1.82, 2.24) is 9.62 Å². The van der Waals surface area contributed by atoms with E-state index in [0.717, 1.165) is 0 Å². The number of carbonyl (C=O) groups excluding carboxylic acids is 1. The monoisotopic (exact) mass is 385 g/mol. The van der Waals surface area contributed by atoms with Gasteiger partial charge in [0, 0.05) is 25.2 Å². The molecule has 0 radical (unpaired) electrons. The highest BCUT2D eigenvalue weighted by atomic mass is 32.2. The molecule has 3 rings (SSSR count). The molecule has 0 atom stereocenters. The molecule has 0 saturated carbocycles. The number of morpholine rings is 1. The van der Waals surface area contributed by atoms with E-state index in [1.54, 1.807) is 42.5 Å². The van der Waals surface area contributed by atoms with Crippen LogP contribution in [0, 0.1) is 11.3 Å². The van der Waals surface area contributed by atoms with E-state index >= 15 is 0 Å². The van der Waals surface area contributed by atoms with Gasteiger partial charge < -0.3 is 10.1 Å². The third kappa shape index (κ3) is 4.34.